The second-order valence-electron chi connectivity index (χ2n) is 5.31. The van der Waals surface area contributed by atoms with Crippen LogP contribution in [0.4, 0.5) is 4.39 Å². The fourth-order valence-electron chi connectivity index (χ4n) is 2.20. The molecule has 1 aliphatic carbocycles. The Bertz CT molecular complexity index is 603. The molecule has 118 valence electrons. The predicted molar refractivity (Wildman–Crippen MR) is 81.3 cm³/mol. The first-order chi connectivity index (χ1) is 9.94. The molecule has 0 aromatic heterocycles. The summed E-state index contributed by atoms with van der Waals surface area (Å²) in [5.74, 6) is -0.371. The lowest BCUT2D eigenvalue weighted by molar-refractivity contribution is 0.316. The molecule has 1 fully saturated rings. The van der Waals surface area contributed by atoms with Gasteiger partial charge in [0.05, 0.1) is 0 Å². The summed E-state index contributed by atoms with van der Waals surface area (Å²) in [6.07, 6.45) is 3.17. The highest BCUT2D eigenvalue weighted by Crippen LogP contribution is 2.27. The summed E-state index contributed by atoms with van der Waals surface area (Å²) in [4.78, 5) is -0.373. The van der Waals surface area contributed by atoms with Crippen LogP contribution in [0.15, 0.2) is 17.0 Å². The third-order valence-electron chi connectivity index (χ3n) is 3.72. The van der Waals surface area contributed by atoms with Crippen LogP contribution < -0.4 is 10.0 Å². The normalized spacial score (nSPS) is 16.0. The lowest BCUT2D eigenvalue weighted by Crippen LogP contribution is -2.33. The zero-order chi connectivity index (χ0) is 15.5. The molecule has 0 unspecified atom stereocenters. The third-order valence-corrected chi connectivity index (χ3v) is 5.36. The van der Waals surface area contributed by atoms with Gasteiger partial charge in [0.1, 0.15) is 10.7 Å². The number of nitrogens with one attached hydrogen (secondary N) is 2. The molecule has 7 heteroatoms. The van der Waals surface area contributed by atoms with Crippen molar-refractivity contribution in [3.8, 4) is 0 Å². The average molecular weight is 335 g/mol. The Morgan fingerprint density at radius 2 is 2.10 bits per heavy atom. The second-order valence-corrected chi connectivity index (χ2v) is 7.48. The van der Waals surface area contributed by atoms with Gasteiger partial charge in [-0.3, -0.25) is 0 Å². The van der Waals surface area contributed by atoms with Crippen LogP contribution in [-0.4, -0.2) is 21.5 Å². The summed E-state index contributed by atoms with van der Waals surface area (Å²) in [5.41, 5.74) is 0.258. The molecule has 0 atom stereocenters. The van der Waals surface area contributed by atoms with Crippen LogP contribution in [0.1, 0.15) is 31.7 Å². The van der Waals surface area contributed by atoms with Gasteiger partial charge in [0, 0.05) is 23.7 Å². The number of halogens is 2. The Kier molecular flexibility index (Phi) is 5.60. The molecule has 0 radical (unpaired) electrons. The average Bonchev–Trinajstić information content (AvgIpc) is 2.37. The number of benzene rings is 1. The number of rotatable bonds is 7. The number of sulfonamides is 1. The first-order valence-electron chi connectivity index (χ1n) is 7.12. The van der Waals surface area contributed by atoms with Crippen molar-refractivity contribution >= 4 is 21.6 Å². The zero-order valence-electron chi connectivity index (χ0n) is 12.0. The van der Waals surface area contributed by atoms with Gasteiger partial charge in [-0.2, -0.15) is 0 Å². The van der Waals surface area contributed by atoms with Gasteiger partial charge in [-0.25, -0.2) is 17.5 Å². The number of hydrogen-bond acceptors (Lipinski definition) is 3. The predicted octanol–water partition coefficient (Wildman–Crippen LogP) is 2.67. The van der Waals surface area contributed by atoms with Gasteiger partial charge in [0.2, 0.25) is 10.0 Å². The Morgan fingerprint density at radius 3 is 2.67 bits per heavy atom. The van der Waals surface area contributed by atoms with Crippen molar-refractivity contribution in [2.75, 3.05) is 13.1 Å². The minimum Gasteiger partial charge on any atom is -0.313 e. The van der Waals surface area contributed by atoms with Crippen LogP contribution in [0, 0.1) is 11.7 Å². The maximum atomic E-state index is 14.4. The number of hydrogen-bond donors (Lipinski definition) is 2. The zero-order valence-corrected chi connectivity index (χ0v) is 13.5. The van der Waals surface area contributed by atoms with E-state index in [0.717, 1.165) is 25.3 Å². The fraction of sp³-hybridized carbons (Fsp3) is 0.571. The topological polar surface area (TPSA) is 58.2 Å². The van der Waals surface area contributed by atoms with E-state index in [2.05, 4.69) is 10.0 Å². The van der Waals surface area contributed by atoms with Crippen molar-refractivity contribution in [1.82, 2.24) is 10.0 Å². The first-order valence-corrected chi connectivity index (χ1v) is 8.98. The van der Waals surface area contributed by atoms with Gasteiger partial charge < -0.3 is 5.32 Å². The van der Waals surface area contributed by atoms with Crippen LogP contribution in [0.25, 0.3) is 0 Å². The van der Waals surface area contributed by atoms with E-state index in [1.54, 1.807) is 0 Å². The highest BCUT2D eigenvalue weighted by Gasteiger charge is 2.25. The monoisotopic (exact) mass is 334 g/mol. The van der Waals surface area contributed by atoms with E-state index >= 15 is 0 Å². The van der Waals surface area contributed by atoms with Crippen LogP contribution in [0.5, 0.6) is 0 Å². The highest BCUT2D eigenvalue weighted by molar-refractivity contribution is 7.89. The van der Waals surface area contributed by atoms with Gasteiger partial charge in [0.15, 0.2) is 0 Å². The molecule has 0 spiro atoms. The Morgan fingerprint density at radius 1 is 1.38 bits per heavy atom. The van der Waals surface area contributed by atoms with Crippen molar-refractivity contribution in [2.24, 2.45) is 5.92 Å². The first kappa shape index (κ1) is 16.7. The van der Waals surface area contributed by atoms with Crippen LogP contribution in [0.2, 0.25) is 5.02 Å². The van der Waals surface area contributed by atoms with E-state index in [-0.39, 0.29) is 22.0 Å². The molecule has 0 aliphatic heterocycles. The molecular formula is C14H20ClFN2O2S. The van der Waals surface area contributed by atoms with Crippen LogP contribution in [-0.2, 0) is 16.6 Å². The van der Waals surface area contributed by atoms with E-state index < -0.39 is 15.8 Å². The summed E-state index contributed by atoms with van der Waals surface area (Å²) < 4.78 is 41.3. The SMILES string of the molecule is CCNCc1cc(Cl)cc(S(=O)(=O)NCC2CCC2)c1F. The van der Waals surface area contributed by atoms with Crippen LogP contribution >= 0.6 is 11.6 Å². The van der Waals surface area contributed by atoms with Gasteiger partial charge in [-0.05, 0) is 37.4 Å². The summed E-state index contributed by atoms with van der Waals surface area (Å²) >= 11 is 5.92. The van der Waals surface area contributed by atoms with Crippen molar-refractivity contribution in [2.45, 2.75) is 37.6 Å². The maximum Gasteiger partial charge on any atom is 0.243 e. The lowest BCUT2D eigenvalue weighted by Gasteiger charge is -2.25. The summed E-state index contributed by atoms with van der Waals surface area (Å²) in [6.45, 7) is 3.15. The molecule has 2 rings (SSSR count). The molecule has 1 aromatic rings. The standard InChI is InChI=1S/C14H20ClFN2O2S/c1-2-17-9-11-6-12(15)7-13(14(11)16)21(19,20)18-8-10-4-3-5-10/h6-7,10,17-18H,2-5,8-9H2,1H3. The Labute approximate surface area is 130 Å². The van der Waals surface area contributed by atoms with Gasteiger partial charge in [-0.15, -0.1) is 0 Å². The van der Waals surface area contributed by atoms with Crippen molar-refractivity contribution < 1.29 is 12.8 Å². The summed E-state index contributed by atoms with van der Waals surface area (Å²) in [5, 5.41) is 3.18. The van der Waals surface area contributed by atoms with Gasteiger partial charge >= 0.3 is 0 Å². The Hall–Kier alpha value is -0.690. The van der Waals surface area contributed by atoms with E-state index in [1.165, 1.54) is 6.07 Å². The fourth-order valence-corrected chi connectivity index (χ4v) is 3.77. The molecule has 0 amide bonds. The van der Waals surface area contributed by atoms with E-state index in [4.69, 9.17) is 11.6 Å². The summed E-state index contributed by atoms with van der Waals surface area (Å²) in [7, 11) is -3.87. The lowest BCUT2D eigenvalue weighted by atomic mass is 9.86. The van der Waals surface area contributed by atoms with E-state index in [9.17, 15) is 12.8 Å². The van der Waals surface area contributed by atoms with Gasteiger partial charge in [-0.1, -0.05) is 24.9 Å². The molecule has 0 saturated heterocycles. The third kappa shape index (κ3) is 4.16. The minimum absolute atomic E-state index is 0.216. The molecule has 1 aromatic carbocycles. The van der Waals surface area contributed by atoms with E-state index in [1.807, 2.05) is 6.92 Å². The highest BCUT2D eigenvalue weighted by atomic mass is 35.5. The molecule has 0 heterocycles. The molecule has 2 N–H and O–H groups in total. The minimum atomic E-state index is -3.87. The quantitative estimate of drug-likeness (QED) is 0.806. The smallest absolute Gasteiger partial charge is 0.243 e. The Balaban J connectivity index is 2.21. The largest absolute Gasteiger partial charge is 0.313 e. The van der Waals surface area contributed by atoms with Crippen molar-refractivity contribution in [1.29, 1.82) is 0 Å². The molecule has 21 heavy (non-hydrogen) atoms. The molecule has 1 aliphatic rings. The second kappa shape index (κ2) is 7.05. The molecule has 4 nitrogen and oxygen atoms in total. The van der Waals surface area contributed by atoms with Crippen LogP contribution in [0.3, 0.4) is 0 Å². The van der Waals surface area contributed by atoms with Crippen molar-refractivity contribution in [3.63, 3.8) is 0 Å². The molecule has 1 saturated carbocycles. The molecular weight excluding hydrogens is 315 g/mol. The van der Waals surface area contributed by atoms with Crippen molar-refractivity contribution in [3.05, 3.63) is 28.5 Å². The van der Waals surface area contributed by atoms with Gasteiger partial charge in [0.25, 0.3) is 0 Å². The maximum absolute atomic E-state index is 14.4. The summed E-state index contributed by atoms with van der Waals surface area (Å²) in [6, 6.07) is 2.61. The van der Waals surface area contributed by atoms with E-state index in [0.29, 0.717) is 19.0 Å². The molecule has 0 bridgehead atoms.